The van der Waals surface area contributed by atoms with Crippen LogP contribution in [0.4, 0.5) is 0 Å². The first-order chi connectivity index (χ1) is 12.9. The standard InChI is InChI=1S/C20H21N3O4/c1-11-17(19(24)25)13(3)22-18(11)20(26)27-10-6-9-14-12(2)21-15-7-4-5-8-16(15)23-14/h4-5,7-8,22H,6,9-10H2,1-3H3,(H,24,25). The number of aromatic carboxylic acids is 1. The van der Waals surface area contributed by atoms with Crippen molar-refractivity contribution in [2.45, 2.75) is 33.6 Å². The van der Waals surface area contributed by atoms with Gasteiger partial charge in [0.2, 0.25) is 0 Å². The number of benzene rings is 1. The van der Waals surface area contributed by atoms with Crippen LogP contribution >= 0.6 is 0 Å². The largest absolute Gasteiger partial charge is 0.478 e. The summed E-state index contributed by atoms with van der Waals surface area (Å²) in [6, 6.07) is 7.69. The van der Waals surface area contributed by atoms with Crippen LogP contribution in [-0.2, 0) is 11.2 Å². The number of fused-ring (bicyclic) bond motifs is 1. The van der Waals surface area contributed by atoms with Gasteiger partial charge in [0.05, 0.1) is 34.6 Å². The summed E-state index contributed by atoms with van der Waals surface area (Å²) in [6.07, 6.45) is 1.24. The minimum atomic E-state index is -1.06. The predicted octanol–water partition coefficient (Wildman–Crippen LogP) is 3.37. The molecule has 0 amide bonds. The molecule has 1 aromatic carbocycles. The van der Waals surface area contributed by atoms with Crippen molar-refractivity contribution < 1.29 is 19.4 Å². The van der Waals surface area contributed by atoms with E-state index in [2.05, 4.69) is 15.0 Å². The number of para-hydroxylation sites is 2. The topological polar surface area (TPSA) is 105 Å². The molecule has 0 spiro atoms. The number of hydrogen-bond donors (Lipinski definition) is 2. The Morgan fingerprint density at radius 1 is 1.11 bits per heavy atom. The van der Waals surface area contributed by atoms with Gasteiger partial charge < -0.3 is 14.8 Å². The fourth-order valence-electron chi connectivity index (χ4n) is 3.11. The van der Waals surface area contributed by atoms with Crippen LogP contribution in [0.3, 0.4) is 0 Å². The highest BCUT2D eigenvalue weighted by atomic mass is 16.5. The van der Waals surface area contributed by atoms with Crippen molar-refractivity contribution in [3.05, 3.63) is 58.2 Å². The number of aromatic amines is 1. The number of aryl methyl sites for hydroxylation is 3. The quantitative estimate of drug-likeness (QED) is 0.511. The van der Waals surface area contributed by atoms with Crippen LogP contribution in [0.1, 0.15) is 49.9 Å². The van der Waals surface area contributed by atoms with Crippen LogP contribution in [0, 0.1) is 20.8 Å². The molecule has 0 aliphatic rings. The molecule has 140 valence electrons. The Morgan fingerprint density at radius 3 is 2.41 bits per heavy atom. The van der Waals surface area contributed by atoms with Crippen LogP contribution in [0.25, 0.3) is 11.0 Å². The Bertz CT molecular complexity index is 1020. The van der Waals surface area contributed by atoms with Crippen LogP contribution in [0.15, 0.2) is 24.3 Å². The average molecular weight is 367 g/mol. The second kappa shape index (κ2) is 7.57. The predicted molar refractivity (Wildman–Crippen MR) is 100 cm³/mol. The van der Waals surface area contributed by atoms with E-state index in [1.807, 2.05) is 31.2 Å². The summed E-state index contributed by atoms with van der Waals surface area (Å²) in [5.41, 5.74) is 4.57. The molecule has 3 rings (SSSR count). The number of esters is 1. The lowest BCUT2D eigenvalue weighted by Crippen LogP contribution is -2.10. The van der Waals surface area contributed by atoms with Gasteiger partial charge >= 0.3 is 11.9 Å². The monoisotopic (exact) mass is 367 g/mol. The Morgan fingerprint density at radius 2 is 1.78 bits per heavy atom. The van der Waals surface area contributed by atoms with E-state index in [4.69, 9.17) is 4.74 Å². The molecule has 0 fully saturated rings. The van der Waals surface area contributed by atoms with E-state index in [0.29, 0.717) is 24.1 Å². The van der Waals surface area contributed by atoms with Crippen molar-refractivity contribution in [2.24, 2.45) is 0 Å². The summed E-state index contributed by atoms with van der Waals surface area (Å²) in [6.45, 7) is 5.35. The SMILES string of the molecule is Cc1nc2ccccc2nc1CCCOC(=O)c1[nH]c(C)c(C(=O)O)c1C. The molecular weight excluding hydrogens is 346 g/mol. The van der Waals surface area contributed by atoms with Crippen LogP contribution in [0.2, 0.25) is 0 Å². The van der Waals surface area contributed by atoms with E-state index in [0.717, 1.165) is 22.4 Å². The van der Waals surface area contributed by atoms with Crippen molar-refractivity contribution in [2.75, 3.05) is 6.61 Å². The van der Waals surface area contributed by atoms with Gasteiger partial charge in [0.25, 0.3) is 0 Å². The maximum atomic E-state index is 12.2. The van der Waals surface area contributed by atoms with Gasteiger partial charge in [0.1, 0.15) is 5.69 Å². The van der Waals surface area contributed by atoms with Crippen molar-refractivity contribution in [3.63, 3.8) is 0 Å². The minimum Gasteiger partial charge on any atom is -0.478 e. The second-order valence-electron chi connectivity index (χ2n) is 6.41. The van der Waals surface area contributed by atoms with Gasteiger partial charge in [-0.2, -0.15) is 0 Å². The number of rotatable bonds is 6. The summed E-state index contributed by atoms with van der Waals surface area (Å²) in [4.78, 5) is 35.4. The summed E-state index contributed by atoms with van der Waals surface area (Å²) < 4.78 is 5.29. The van der Waals surface area contributed by atoms with Gasteiger partial charge in [-0.3, -0.25) is 0 Å². The highest BCUT2D eigenvalue weighted by molar-refractivity contribution is 5.97. The minimum absolute atomic E-state index is 0.115. The number of H-pyrrole nitrogens is 1. The molecule has 2 N–H and O–H groups in total. The normalized spacial score (nSPS) is 10.9. The van der Waals surface area contributed by atoms with Crippen LogP contribution in [-0.4, -0.2) is 38.6 Å². The van der Waals surface area contributed by atoms with Crippen LogP contribution in [0.5, 0.6) is 0 Å². The third-order valence-corrected chi connectivity index (χ3v) is 4.49. The third-order valence-electron chi connectivity index (χ3n) is 4.49. The number of carbonyl (C=O) groups excluding carboxylic acids is 1. The van der Waals surface area contributed by atoms with Crippen LogP contribution < -0.4 is 0 Å². The highest BCUT2D eigenvalue weighted by Gasteiger charge is 2.22. The molecule has 27 heavy (non-hydrogen) atoms. The van der Waals surface area contributed by atoms with Gasteiger partial charge in [-0.25, -0.2) is 19.6 Å². The molecule has 7 heteroatoms. The zero-order valence-electron chi connectivity index (χ0n) is 15.5. The number of ether oxygens (including phenoxy) is 1. The van der Waals surface area contributed by atoms with E-state index in [9.17, 15) is 14.7 Å². The molecule has 7 nitrogen and oxygen atoms in total. The molecule has 0 aliphatic carbocycles. The van der Waals surface area contributed by atoms with Gasteiger partial charge in [-0.1, -0.05) is 12.1 Å². The van der Waals surface area contributed by atoms with Gasteiger partial charge in [-0.05, 0) is 51.3 Å². The lowest BCUT2D eigenvalue weighted by atomic mass is 10.1. The molecule has 0 saturated carbocycles. The van der Waals surface area contributed by atoms with E-state index in [1.54, 1.807) is 13.8 Å². The average Bonchev–Trinajstić information content (AvgIpc) is 2.93. The Labute approximate surface area is 156 Å². The Hall–Kier alpha value is -3.22. The molecular formula is C20H21N3O4. The highest BCUT2D eigenvalue weighted by Crippen LogP contribution is 2.19. The Balaban J connectivity index is 1.61. The molecule has 2 heterocycles. The summed E-state index contributed by atoms with van der Waals surface area (Å²) in [5, 5.41) is 9.20. The van der Waals surface area contributed by atoms with Crippen molar-refractivity contribution >= 4 is 23.0 Å². The number of nitrogens with one attached hydrogen (secondary N) is 1. The van der Waals surface area contributed by atoms with E-state index in [1.165, 1.54) is 0 Å². The molecule has 0 bridgehead atoms. The number of aromatic nitrogens is 3. The first-order valence-electron chi connectivity index (χ1n) is 8.70. The first-order valence-corrected chi connectivity index (χ1v) is 8.70. The zero-order chi connectivity index (χ0) is 19.6. The zero-order valence-corrected chi connectivity index (χ0v) is 15.5. The summed E-state index contributed by atoms with van der Waals surface area (Å²) in [5.74, 6) is -1.62. The van der Waals surface area contributed by atoms with Gasteiger partial charge in [0.15, 0.2) is 0 Å². The number of carboxylic acid groups (broad SMARTS) is 1. The number of carboxylic acids is 1. The summed E-state index contributed by atoms with van der Waals surface area (Å²) in [7, 11) is 0. The van der Waals surface area contributed by atoms with E-state index >= 15 is 0 Å². The number of hydrogen-bond acceptors (Lipinski definition) is 5. The summed E-state index contributed by atoms with van der Waals surface area (Å²) >= 11 is 0. The van der Waals surface area contributed by atoms with Crippen molar-refractivity contribution in [3.8, 4) is 0 Å². The number of nitrogens with zero attached hydrogens (tertiary/aromatic N) is 2. The molecule has 0 radical (unpaired) electrons. The second-order valence-corrected chi connectivity index (χ2v) is 6.41. The van der Waals surface area contributed by atoms with Crippen molar-refractivity contribution in [1.29, 1.82) is 0 Å². The number of carbonyl (C=O) groups is 2. The maximum Gasteiger partial charge on any atom is 0.355 e. The third kappa shape index (κ3) is 3.81. The first kappa shape index (κ1) is 18.6. The maximum absolute atomic E-state index is 12.2. The fraction of sp³-hybridized carbons (Fsp3) is 0.300. The molecule has 0 saturated heterocycles. The lowest BCUT2D eigenvalue weighted by Gasteiger charge is -2.07. The fourth-order valence-corrected chi connectivity index (χ4v) is 3.11. The molecule has 2 aromatic heterocycles. The molecule has 0 unspecified atom stereocenters. The van der Waals surface area contributed by atoms with Crippen molar-refractivity contribution in [1.82, 2.24) is 15.0 Å². The Kier molecular flexibility index (Phi) is 5.21. The molecule has 3 aromatic rings. The molecule has 0 atom stereocenters. The lowest BCUT2D eigenvalue weighted by molar-refractivity contribution is 0.0493. The van der Waals surface area contributed by atoms with E-state index < -0.39 is 11.9 Å². The smallest absolute Gasteiger partial charge is 0.355 e. The molecule has 0 aliphatic heterocycles. The van der Waals surface area contributed by atoms with E-state index in [-0.39, 0.29) is 17.9 Å². The van der Waals surface area contributed by atoms with Gasteiger partial charge in [0, 0.05) is 5.69 Å². The van der Waals surface area contributed by atoms with Gasteiger partial charge in [-0.15, -0.1) is 0 Å².